The highest BCUT2D eigenvalue weighted by molar-refractivity contribution is 5.96. The maximum Gasteiger partial charge on any atom is 0.407 e. The van der Waals surface area contributed by atoms with Crippen molar-refractivity contribution in [1.29, 1.82) is 0 Å². The number of nitrogens with zero attached hydrogens (tertiary/aromatic N) is 2. The van der Waals surface area contributed by atoms with Gasteiger partial charge in [0.2, 0.25) is 29.5 Å². The van der Waals surface area contributed by atoms with Gasteiger partial charge < -0.3 is 58.3 Å². The molecule has 2 aromatic carbocycles. The zero-order valence-corrected chi connectivity index (χ0v) is 36.3. The van der Waals surface area contributed by atoms with Crippen LogP contribution in [0.1, 0.15) is 82.8 Å². The van der Waals surface area contributed by atoms with Gasteiger partial charge in [0.05, 0.1) is 0 Å². The molecule has 8 amide bonds. The second-order valence-corrected chi connectivity index (χ2v) is 15.9. The zero-order chi connectivity index (χ0) is 45.3. The summed E-state index contributed by atoms with van der Waals surface area (Å²) in [5.41, 5.74) is 15.2. The molecule has 0 saturated carbocycles. The van der Waals surface area contributed by atoms with Crippen molar-refractivity contribution in [3.63, 3.8) is 0 Å². The molecule has 0 radical (unpaired) electrons. The first-order valence-electron chi connectivity index (χ1n) is 21.2. The van der Waals surface area contributed by atoms with Gasteiger partial charge in [0.1, 0.15) is 36.8 Å². The molecule has 1 heterocycles. The van der Waals surface area contributed by atoms with E-state index in [-0.39, 0.29) is 63.2 Å². The number of nitrogens with one attached hydrogen (secondary N) is 7. The highest BCUT2D eigenvalue weighted by Crippen LogP contribution is 2.44. The number of carbonyl (C=O) groups is 7. The number of primary amides is 1. The van der Waals surface area contributed by atoms with Crippen molar-refractivity contribution in [3.8, 4) is 11.1 Å². The Morgan fingerprint density at radius 2 is 1.35 bits per heavy atom. The van der Waals surface area contributed by atoms with Crippen LogP contribution in [0.4, 0.5) is 9.59 Å². The SMILES string of the molecule is CN=C(N)NCCC[C@H](NC(=O)[C@H](CC(C)C)NC(=O)[C@@H](CCCNC(N)=O)NC(=O)OCC1c2ccccc2-c2ccccc21)C(=O)N1CCC[C@@H]1C(=O)N[C@H](C)C(=O)NC. The van der Waals surface area contributed by atoms with Crippen molar-refractivity contribution in [3.05, 3.63) is 59.7 Å². The van der Waals surface area contributed by atoms with Crippen molar-refractivity contribution in [2.45, 2.75) is 102 Å². The standard InChI is InChI=1S/C43H63N11O8/c1-25(2)23-34(38(57)51-33(18-11-20-48-41(44)47-5)40(59)54-22-12-19-35(54)39(58)50-26(3)36(55)46-4)52-37(56)32(17-10-21-49-42(45)60)53-43(61)62-24-31-29-15-8-6-13-27(29)28-14-7-9-16-30(28)31/h6-9,13-16,25-26,31-35H,10-12,17-24H2,1-5H3,(H,46,55)(H,50,58)(H,51,57)(H,52,56)(H,53,61)(H3,44,47,48)(H3,45,49,60)/t26-,32-,33+,34+,35-/m1/s1. The second-order valence-electron chi connectivity index (χ2n) is 15.9. The number of hydrogen-bond acceptors (Lipinski definition) is 9. The van der Waals surface area contributed by atoms with E-state index in [1.807, 2.05) is 62.4 Å². The Hall–Kier alpha value is -6.40. The number of ether oxygens (including phenoxy) is 1. The summed E-state index contributed by atoms with van der Waals surface area (Å²) in [4.78, 5) is 97.9. The van der Waals surface area contributed by atoms with Crippen LogP contribution in [0.5, 0.6) is 0 Å². The quantitative estimate of drug-likeness (QED) is 0.0486. The molecular formula is C43H63N11O8. The number of fused-ring (bicyclic) bond motifs is 3. The van der Waals surface area contributed by atoms with E-state index < -0.39 is 71.9 Å². The summed E-state index contributed by atoms with van der Waals surface area (Å²) in [7, 11) is 2.98. The summed E-state index contributed by atoms with van der Waals surface area (Å²) >= 11 is 0. The Balaban J connectivity index is 1.50. The second kappa shape index (κ2) is 23.6. The number of amides is 8. The lowest BCUT2D eigenvalue weighted by atomic mass is 9.98. The number of guanidine groups is 1. The Labute approximate surface area is 362 Å². The van der Waals surface area contributed by atoms with E-state index in [9.17, 15) is 33.6 Å². The summed E-state index contributed by atoms with van der Waals surface area (Å²) in [5.74, 6) is -2.81. The fourth-order valence-corrected chi connectivity index (χ4v) is 7.77. The van der Waals surface area contributed by atoms with Gasteiger partial charge in [-0.2, -0.15) is 0 Å². The van der Waals surface area contributed by atoms with Crippen LogP contribution in [0.15, 0.2) is 53.5 Å². The van der Waals surface area contributed by atoms with Crippen LogP contribution in [-0.2, 0) is 28.7 Å². The normalized spacial score (nSPS) is 16.5. The molecule has 19 nitrogen and oxygen atoms in total. The predicted molar refractivity (Wildman–Crippen MR) is 233 cm³/mol. The molecule has 0 unspecified atom stereocenters. The molecule has 4 rings (SSSR count). The van der Waals surface area contributed by atoms with Gasteiger partial charge in [-0.25, -0.2) is 9.59 Å². The molecule has 2 aliphatic rings. The molecule has 11 N–H and O–H groups in total. The number of aliphatic imine (C=N–C) groups is 1. The number of likely N-dealkylation sites (N-methyl/N-ethyl adjacent to an activating group) is 1. The minimum Gasteiger partial charge on any atom is -0.449 e. The number of alkyl carbamates (subject to hydrolysis) is 1. The minimum atomic E-state index is -1.18. The fraction of sp³-hybridized carbons (Fsp3) is 0.535. The van der Waals surface area contributed by atoms with E-state index in [1.54, 1.807) is 0 Å². The molecule has 1 fully saturated rings. The average molecular weight is 862 g/mol. The third kappa shape index (κ3) is 13.6. The van der Waals surface area contributed by atoms with Crippen LogP contribution >= 0.6 is 0 Å². The van der Waals surface area contributed by atoms with Crippen LogP contribution in [0.25, 0.3) is 11.1 Å². The van der Waals surface area contributed by atoms with Crippen molar-refractivity contribution in [2.24, 2.45) is 22.4 Å². The largest absolute Gasteiger partial charge is 0.449 e. The molecule has 0 spiro atoms. The Morgan fingerprint density at radius 3 is 1.95 bits per heavy atom. The molecule has 338 valence electrons. The topological polar surface area (TPSA) is 281 Å². The third-order valence-corrected chi connectivity index (χ3v) is 10.9. The Bertz CT molecular complexity index is 1900. The van der Waals surface area contributed by atoms with Crippen molar-refractivity contribution >= 4 is 47.6 Å². The van der Waals surface area contributed by atoms with Gasteiger partial charge in [-0.3, -0.25) is 29.0 Å². The number of likely N-dealkylation sites (tertiary alicyclic amines) is 1. The first-order chi connectivity index (χ1) is 29.6. The summed E-state index contributed by atoms with van der Waals surface area (Å²) in [5, 5.41) is 18.9. The summed E-state index contributed by atoms with van der Waals surface area (Å²) < 4.78 is 5.73. The van der Waals surface area contributed by atoms with Gasteiger partial charge in [0.15, 0.2) is 5.96 Å². The molecule has 5 atom stereocenters. The van der Waals surface area contributed by atoms with Crippen molar-refractivity contribution in [1.82, 2.24) is 42.1 Å². The molecule has 62 heavy (non-hydrogen) atoms. The number of carbonyl (C=O) groups excluding carboxylic acids is 7. The van der Waals surface area contributed by atoms with Gasteiger partial charge in [0.25, 0.3) is 0 Å². The third-order valence-electron chi connectivity index (χ3n) is 10.9. The molecule has 1 aliphatic heterocycles. The molecular weight excluding hydrogens is 799 g/mol. The molecule has 1 aliphatic carbocycles. The maximum atomic E-state index is 14.2. The lowest BCUT2D eigenvalue weighted by molar-refractivity contribution is -0.142. The van der Waals surface area contributed by atoms with Crippen LogP contribution < -0.4 is 48.7 Å². The smallest absolute Gasteiger partial charge is 0.407 e. The van der Waals surface area contributed by atoms with Crippen LogP contribution in [0.2, 0.25) is 0 Å². The van der Waals surface area contributed by atoms with Gasteiger partial charge in [-0.15, -0.1) is 0 Å². The molecule has 1 saturated heterocycles. The molecule has 0 bridgehead atoms. The first kappa shape index (κ1) is 48.3. The number of nitrogens with two attached hydrogens (primary N) is 2. The lowest BCUT2D eigenvalue weighted by Crippen LogP contribution is -2.59. The number of urea groups is 1. The van der Waals surface area contributed by atoms with E-state index in [4.69, 9.17) is 16.2 Å². The predicted octanol–water partition coefficient (Wildman–Crippen LogP) is 0.914. The zero-order valence-electron chi connectivity index (χ0n) is 36.3. The summed E-state index contributed by atoms with van der Waals surface area (Å²) in [6.45, 7) is 5.99. The number of rotatable bonds is 21. The van der Waals surface area contributed by atoms with Gasteiger partial charge in [0, 0.05) is 39.6 Å². The Morgan fingerprint density at radius 1 is 0.774 bits per heavy atom. The van der Waals surface area contributed by atoms with Gasteiger partial charge >= 0.3 is 12.1 Å². The molecule has 0 aromatic heterocycles. The first-order valence-corrected chi connectivity index (χ1v) is 21.2. The maximum absolute atomic E-state index is 14.2. The van der Waals surface area contributed by atoms with Crippen LogP contribution in [-0.4, -0.2) is 123 Å². The summed E-state index contributed by atoms with van der Waals surface area (Å²) in [6.07, 6.45) is 1.05. The number of benzene rings is 2. The van der Waals surface area contributed by atoms with E-state index in [1.165, 1.54) is 25.9 Å². The minimum absolute atomic E-state index is 0.00517. The number of hydrogen-bond donors (Lipinski definition) is 9. The molecule has 19 heteroatoms. The monoisotopic (exact) mass is 861 g/mol. The highest BCUT2D eigenvalue weighted by atomic mass is 16.5. The lowest BCUT2D eigenvalue weighted by Gasteiger charge is -2.31. The van der Waals surface area contributed by atoms with Gasteiger partial charge in [-0.1, -0.05) is 62.4 Å². The van der Waals surface area contributed by atoms with Crippen molar-refractivity contribution in [2.75, 3.05) is 40.3 Å². The van der Waals surface area contributed by atoms with E-state index in [2.05, 4.69) is 42.2 Å². The van der Waals surface area contributed by atoms with Gasteiger partial charge in [-0.05, 0) is 80.0 Å². The van der Waals surface area contributed by atoms with E-state index >= 15 is 0 Å². The van der Waals surface area contributed by atoms with E-state index in [0.29, 0.717) is 25.8 Å². The average Bonchev–Trinajstić information content (AvgIpc) is 3.87. The fourth-order valence-electron chi connectivity index (χ4n) is 7.77. The molecule has 2 aromatic rings. The van der Waals surface area contributed by atoms with Crippen LogP contribution in [0.3, 0.4) is 0 Å². The summed E-state index contributed by atoms with van der Waals surface area (Å²) in [6, 6.07) is 9.92. The van der Waals surface area contributed by atoms with Crippen molar-refractivity contribution < 1.29 is 38.3 Å². The Kier molecular flexibility index (Phi) is 18.3. The van der Waals surface area contributed by atoms with E-state index in [0.717, 1.165) is 22.3 Å². The highest BCUT2D eigenvalue weighted by Gasteiger charge is 2.39. The van der Waals surface area contributed by atoms with Crippen LogP contribution in [0, 0.1) is 5.92 Å².